The summed E-state index contributed by atoms with van der Waals surface area (Å²) in [7, 11) is 0. The maximum absolute atomic E-state index is 0. The minimum atomic E-state index is 0. The first-order valence-electron chi connectivity index (χ1n) is 0. The molecule has 0 heteroatoms. The summed E-state index contributed by atoms with van der Waals surface area (Å²) in [5.41, 5.74) is 0. The zero-order valence-electron chi connectivity index (χ0n) is 0. The lowest BCUT2D eigenvalue weighted by molar-refractivity contribution is 2.50. The highest BCUT2D eigenvalue weighted by atomic mass is 12.0. The predicted molar refractivity (Wildman–Crippen MR) is 62.3 cm³/mol. The number of hydrogen-bond acceptors (Lipinski definition) is 0. The van der Waals surface area contributed by atoms with E-state index in [0.29, 0.717) is 0 Å². The molecule has 0 aliphatic heterocycles. The molecule has 0 unspecified atom stereocenters. The molecule has 0 amide bonds. The van der Waals surface area contributed by atoms with E-state index in [1.165, 1.54) is 0 Å². The minimum Gasteiger partial charge on any atom is -0.0776 e. The van der Waals surface area contributed by atoms with Crippen LogP contribution in [-0.2, 0) is 0 Å². The van der Waals surface area contributed by atoms with Crippen molar-refractivity contribution < 1.29 is 5.71 Å². The van der Waals surface area contributed by atoms with Gasteiger partial charge >= 0.3 is 0 Å². The normalized spacial score (nSPS) is 0. The van der Waals surface area contributed by atoms with E-state index in [1.54, 1.807) is 0 Å². The van der Waals surface area contributed by atoms with Crippen molar-refractivity contribution in [1.29, 1.82) is 0 Å². The summed E-state index contributed by atoms with van der Waals surface area (Å²) >= 11 is 0. The first-order chi connectivity index (χ1) is 0. The van der Waals surface area contributed by atoms with Gasteiger partial charge in [-0.3, -0.25) is 0 Å². The van der Waals surface area contributed by atoms with E-state index in [-0.39, 0.29) is 65.1 Å². The fourth-order valence-electron chi connectivity index (χ4n) is 0. The molecular formula is C8H40. The van der Waals surface area contributed by atoms with E-state index >= 15 is 0 Å². The molecule has 0 saturated heterocycles. The van der Waals surface area contributed by atoms with E-state index < -0.39 is 0 Å². The summed E-state index contributed by atoms with van der Waals surface area (Å²) in [6.45, 7) is 0. The summed E-state index contributed by atoms with van der Waals surface area (Å²) in [4.78, 5) is 0. The molecule has 0 aliphatic carbocycles. The molecule has 0 aromatic rings. The SMILES string of the molecule is C.C.C.C.C.C.C.C.[2HH].[2HH].[2HH].[2HH]. The molecule has 0 rings (SSSR count). The first kappa shape index (κ1) is 0. The van der Waals surface area contributed by atoms with E-state index in [0.717, 1.165) is 0 Å². The largest absolute Gasteiger partial charge is 0.0776 e. The van der Waals surface area contributed by atoms with Crippen molar-refractivity contribution in [2.24, 2.45) is 0 Å². The lowest BCUT2D eigenvalue weighted by atomic mass is 12.0. The van der Waals surface area contributed by atoms with Gasteiger partial charge in [-0.2, -0.15) is 0 Å². The van der Waals surface area contributed by atoms with Gasteiger partial charge in [-0.15, -0.1) is 0 Å². The van der Waals surface area contributed by atoms with Crippen LogP contribution in [0.3, 0.4) is 0 Å². The highest BCUT2D eigenvalue weighted by Gasteiger charge is -0.0706. The van der Waals surface area contributed by atoms with Gasteiger partial charge < -0.3 is 0 Å². The van der Waals surface area contributed by atoms with Crippen LogP contribution in [0.1, 0.15) is 65.1 Å². The Morgan fingerprint density at radius 3 is 0.250 bits per heavy atom. The Bertz CT molecular complexity index is 11.0. The summed E-state index contributed by atoms with van der Waals surface area (Å²) in [5, 5.41) is 0. The third kappa shape index (κ3) is 0. The van der Waals surface area contributed by atoms with Crippen LogP contribution in [-0.4, -0.2) is 0 Å². The molecule has 0 aliphatic rings. The van der Waals surface area contributed by atoms with Crippen LogP contribution in [0, 0.1) is 0 Å². The van der Waals surface area contributed by atoms with Crippen LogP contribution in [0.5, 0.6) is 0 Å². The molecule has 0 heterocycles. The summed E-state index contributed by atoms with van der Waals surface area (Å²) in [6.07, 6.45) is 0. The van der Waals surface area contributed by atoms with Crippen molar-refractivity contribution in [1.82, 2.24) is 0 Å². The van der Waals surface area contributed by atoms with Gasteiger partial charge in [0, 0.05) is 5.71 Å². The molecule has 0 aromatic carbocycles. The Hall–Kier alpha value is 0. The van der Waals surface area contributed by atoms with E-state index in [2.05, 4.69) is 0 Å². The molecule has 0 saturated carbocycles. The quantitative estimate of drug-likeness (QED) is 0.383. The zero-order chi connectivity index (χ0) is 0. The Kier molecular flexibility index (Phi) is 0. The lowest BCUT2D eigenvalue weighted by Gasteiger charge is -0.0786. The molecule has 8 heavy (non-hydrogen) atoms. The monoisotopic (exact) mass is 140 g/mol. The topological polar surface area (TPSA) is 0 Å². The maximum atomic E-state index is 0. The number of rotatable bonds is 0. The van der Waals surface area contributed by atoms with Crippen molar-refractivity contribution in [3.63, 3.8) is 0 Å². The van der Waals surface area contributed by atoms with Gasteiger partial charge in [-0.25, -0.2) is 0 Å². The Morgan fingerprint density at radius 2 is 0.250 bits per heavy atom. The highest BCUT2D eigenvalue weighted by molar-refractivity contribution is 2.51. The van der Waals surface area contributed by atoms with Crippen molar-refractivity contribution >= 4 is 0 Å². The predicted octanol–water partition coefficient (Wildman–Crippen LogP) is 6.07. The summed E-state index contributed by atoms with van der Waals surface area (Å²) < 4.78 is 0. The van der Waals surface area contributed by atoms with E-state index in [9.17, 15) is 0 Å². The van der Waals surface area contributed by atoms with E-state index in [4.69, 9.17) is 0 Å². The summed E-state index contributed by atoms with van der Waals surface area (Å²) in [6, 6.07) is 0. The van der Waals surface area contributed by atoms with Crippen LogP contribution in [0.25, 0.3) is 0 Å². The van der Waals surface area contributed by atoms with Crippen LogP contribution in [0.4, 0.5) is 0 Å². The standard InChI is InChI=1S/8CH4.4H2/h8*1H4;4*1H/i;;;;;;;;4*1+1. The second kappa shape index (κ2) is 0. The third-order valence-corrected chi connectivity index (χ3v) is 0. The first-order valence-corrected chi connectivity index (χ1v) is 0. The van der Waals surface area contributed by atoms with Crippen molar-refractivity contribution in [2.45, 2.75) is 59.4 Å². The minimum absolute atomic E-state index is 0. The van der Waals surface area contributed by atoms with Crippen LogP contribution in [0.2, 0.25) is 0 Å². The number of hydrogen-bond donors (Lipinski definition) is 0. The fourth-order valence-corrected chi connectivity index (χ4v) is 0. The fraction of sp³-hybridized carbons (Fsp3) is 1.00. The lowest BCUT2D eigenvalue weighted by Crippen LogP contribution is 0.143. The zero-order valence-corrected chi connectivity index (χ0v) is 0. The van der Waals surface area contributed by atoms with Crippen molar-refractivity contribution in [3.8, 4) is 0 Å². The smallest absolute Gasteiger partial charge is 0 e. The van der Waals surface area contributed by atoms with Gasteiger partial charge in [0.05, 0.1) is 0 Å². The molecule has 0 fully saturated rings. The van der Waals surface area contributed by atoms with Gasteiger partial charge in [-0.1, -0.05) is 59.4 Å². The molecule has 0 spiro atoms. The van der Waals surface area contributed by atoms with Crippen LogP contribution >= 0.6 is 0 Å². The Balaban J connectivity index is 0. The van der Waals surface area contributed by atoms with Crippen LogP contribution < -0.4 is 0 Å². The Labute approximate surface area is 66.3 Å². The molecular weight excluding hydrogens is 96.1 g/mol. The second-order valence-electron chi connectivity index (χ2n) is 0. The van der Waals surface area contributed by atoms with Crippen molar-refractivity contribution in [2.75, 3.05) is 0 Å². The highest BCUT2D eigenvalue weighted by Crippen LogP contribution is 0.151. The molecule has 0 nitrogen and oxygen atoms in total. The van der Waals surface area contributed by atoms with Gasteiger partial charge in [-0.05, 0) is 0 Å². The molecule has 0 bridgehead atoms. The molecule has 0 aromatic heterocycles. The molecule has 72 valence electrons. The van der Waals surface area contributed by atoms with Gasteiger partial charge in [0.15, 0.2) is 0 Å². The molecule has 0 atom stereocenters. The van der Waals surface area contributed by atoms with E-state index in [1.807, 2.05) is 0 Å². The molecule has 0 radical (unpaired) electrons. The average Bonchev–Trinajstić information content (AvgIpc) is 0. The summed E-state index contributed by atoms with van der Waals surface area (Å²) in [5.74, 6) is 0. The average molecular weight is 140 g/mol. The van der Waals surface area contributed by atoms with Crippen LogP contribution in [0.15, 0.2) is 0 Å². The van der Waals surface area contributed by atoms with Gasteiger partial charge in [0.25, 0.3) is 0 Å². The van der Waals surface area contributed by atoms with Gasteiger partial charge in [0.1, 0.15) is 0 Å². The van der Waals surface area contributed by atoms with Gasteiger partial charge in [0.2, 0.25) is 0 Å². The second-order valence-corrected chi connectivity index (χ2v) is 0. The Morgan fingerprint density at radius 1 is 0.250 bits per heavy atom. The maximum Gasteiger partial charge on any atom is 0 e. The third-order valence-electron chi connectivity index (χ3n) is 0. The molecule has 0 N–H and O–H groups in total. The van der Waals surface area contributed by atoms with Crippen molar-refractivity contribution in [3.05, 3.63) is 0 Å².